The first-order valence-electron chi connectivity index (χ1n) is 23.7. The molecule has 326 valence electrons. The lowest BCUT2D eigenvalue weighted by Crippen LogP contribution is -2.02. The minimum atomic E-state index is 0.605. The molecule has 14 rings (SSSR count). The topological polar surface area (TPSA) is 43.6 Å². The fourth-order valence-corrected chi connectivity index (χ4v) is 11.5. The maximum atomic E-state index is 5.32. The molecule has 0 radical (unpaired) electrons. The van der Waals surface area contributed by atoms with Crippen molar-refractivity contribution in [2.45, 2.75) is 0 Å². The summed E-state index contributed by atoms with van der Waals surface area (Å²) in [7, 11) is 0. The Morgan fingerprint density at radius 1 is 0.286 bits per heavy atom. The average Bonchev–Trinajstić information content (AvgIpc) is 3.97. The Hall–Kier alpha value is -9.03. The van der Waals surface area contributed by atoms with Crippen LogP contribution < -0.4 is 0 Å². The molecule has 3 heterocycles. The molecule has 0 aliphatic rings. The summed E-state index contributed by atoms with van der Waals surface area (Å²) in [6.45, 7) is 0. The van der Waals surface area contributed by atoms with Crippen molar-refractivity contribution in [3.63, 3.8) is 0 Å². The SMILES string of the molecule is c1ccc(-c2ccc(-c3nc(-c4ccc(-c5ccccc5)cc4)nc(-c4ccc(-n5c6cc7ccccc7cc6c6c7ccccc7ccc65)c(-c5ccc6sc7ccccc7c6c5)c4)n3)cc2)cc1. The first kappa shape index (κ1) is 40.1. The smallest absolute Gasteiger partial charge is 0.164 e. The quantitative estimate of drug-likeness (QED) is 0.160. The van der Waals surface area contributed by atoms with Gasteiger partial charge in [0.1, 0.15) is 0 Å². The van der Waals surface area contributed by atoms with E-state index in [0.29, 0.717) is 17.5 Å². The zero-order valence-corrected chi connectivity index (χ0v) is 38.6. The Labute approximate surface area is 408 Å². The van der Waals surface area contributed by atoms with Crippen LogP contribution in [-0.4, -0.2) is 19.5 Å². The van der Waals surface area contributed by atoms with Crippen LogP contribution in [0, 0.1) is 0 Å². The second-order valence-corrected chi connectivity index (χ2v) is 19.1. The number of rotatable bonds is 7. The standard InChI is InChI=1S/C65H40N4S/c1-3-13-41(14-4-1)43-23-27-46(28-24-43)63-66-64(47-29-25-44(26-30-47)42-15-5-2-6-16-42)68-65(67-63)51-32-34-57(54(39-51)50-33-36-61-55(38-50)53-21-11-12-22-60(53)70-61)69-58-35-31-45-17-9-10-20-52(45)62(58)56-37-48-18-7-8-19-49(48)40-59(56)69/h1-40H. The first-order valence-corrected chi connectivity index (χ1v) is 24.5. The van der Waals surface area contributed by atoms with Crippen LogP contribution in [0.3, 0.4) is 0 Å². The highest BCUT2D eigenvalue weighted by Crippen LogP contribution is 2.44. The van der Waals surface area contributed by atoms with Gasteiger partial charge in [0, 0.05) is 53.2 Å². The lowest BCUT2D eigenvalue weighted by Gasteiger charge is -2.17. The molecule has 0 spiro atoms. The van der Waals surface area contributed by atoms with Gasteiger partial charge in [-0.3, -0.25) is 0 Å². The molecule has 3 aromatic heterocycles. The van der Waals surface area contributed by atoms with E-state index in [-0.39, 0.29) is 0 Å². The molecule has 4 nitrogen and oxygen atoms in total. The molecule has 0 saturated heterocycles. The molecule has 0 unspecified atom stereocenters. The molecule has 0 amide bonds. The summed E-state index contributed by atoms with van der Waals surface area (Å²) in [5.41, 5.74) is 12.9. The summed E-state index contributed by atoms with van der Waals surface area (Å²) < 4.78 is 5.02. The minimum Gasteiger partial charge on any atom is -0.309 e. The maximum absolute atomic E-state index is 5.32. The van der Waals surface area contributed by atoms with Crippen molar-refractivity contribution in [1.82, 2.24) is 19.5 Å². The number of benzene rings is 11. The molecular formula is C65H40N4S. The highest BCUT2D eigenvalue weighted by molar-refractivity contribution is 7.25. The lowest BCUT2D eigenvalue weighted by atomic mass is 9.98. The van der Waals surface area contributed by atoms with Gasteiger partial charge in [-0.2, -0.15) is 0 Å². The van der Waals surface area contributed by atoms with Crippen molar-refractivity contribution in [3.8, 4) is 73.2 Å². The molecule has 0 N–H and O–H groups in total. The third-order valence-electron chi connectivity index (χ3n) is 13.8. The van der Waals surface area contributed by atoms with Crippen LogP contribution in [0.5, 0.6) is 0 Å². The fraction of sp³-hybridized carbons (Fsp3) is 0. The number of thiophene rings is 1. The predicted molar refractivity (Wildman–Crippen MR) is 295 cm³/mol. The summed E-state index contributed by atoms with van der Waals surface area (Å²) >= 11 is 1.84. The van der Waals surface area contributed by atoms with E-state index in [1.54, 1.807) is 0 Å². The van der Waals surface area contributed by atoms with Crippen molar-refractivity contribution in [2.75, 3.05) is 0 Å². The first-order chi connectivity index (χ1) is 34.7. The summed E-state index contributed by atoms with van der Waals surface area (Å²) in [5, 5.41) is 9.86. The summed E-state index contributed by atoms with van der Waals surface area (Å²) in [6.07, 6.45) is 0. The number of hydrogen-bond donors (Lipinski definition) is 0. The molecule has 0 atom stereocenters. The molecule has 11 aromatic carbocycles. The second-order valence-electron chi connectivity index (χ2n) is 18.0. The van der Waals surface area contributed by atoms with Crippen LogP contribution in [0.15, 0.2) is 243 Å². The maximum Gasteiger partial charge on any atom is 0.164 e. The molecule has 5 heteroatoms. The molecule has 70 heavy (non-hydrogen) atoms. The van der Waals surface area contributed by atoms with E-state index < -0.39 is 0 Å². The van der Waals surface area contributed by atoms with Crippen LogP contribution >= 0.6 is 11.3 Å². The highest BCUT2D eigenvalue weighted by atomic mass is 32.1. The van der Waals surface area contributed by atoms with E-state index in [9.17, 15) is 0 Å². The van der Waals surface area contributed by atoms with Crippen LogP contribution in [0.25, 0.3) is 137 Å². The Kier molecular flexibility index (Phi) is 9.36. The molecule has 0 aliphatic heterocycles. The van der Waals surface area contributed by atoms with Gasteiger partial charge in [-0.1, -0.05) is 188 Å². The fourth-order valence-electron chi connectivity index (χ4n) is 10.4. The van der Waals surface area contributed by atoms with Crippen molar-refractivity contribution in [1.29, 1.82) is 0 Å². The molecule has 0 fully saturated rings. The van der Waals surface area contributed by atoms with Crippen molar-refractivity contribution in [2.24, 2.45) is 0 Å². The number of aromatic nitrogens is 4. The summed E-state index contributed by atoms with van der Waals surface area (Å²) in [5.74, 6) is 1.84. The monoisotopic (exact) mass is 908 g/mol. The summed E-state index contributed by atoms with van der Waals surface area (Å²) in [4.78, 5) is 15.8. The largest absolute Gasteiger partial charge is 0.309 e. The van der Waals surface area contributed by atoms with E-state index in [1.165, 1.54) is 52.5 Å². The number of fused-ring (bicyclic) bond motifs is 9. The zero-order chi connectivity index (χ0) is 46.1. The Morgan fingerprint density at radius 2 is 0.786 bits per heavy atom. The molecule has 0 saturated carbocycles. The van der Waals surface area contributed by atoms with E-state index in [4.69, 9.17) is 15.0 Å². The predicted octanol–water partition coefficient (Wildman–Crippen LogP) is 17.6. The van der Waals surface area contributed by atoms with Gasteiger partial charge in [-0.15, -0.1) is 11.3 Å². The number of hydrogen-bond acceptors (Lipinski definition) is 4. The van der Waals surface area contributed by atoms with E-state index in [2.05, 4.69) is 235 Å². The average molecular weight is 909 g/mol. The molecule has 14 aromatic rings. The third kappa shape index (κ3) is 6.78. The Balaban J connectivity index is 1.01. The van der Waals surface area contributed by atoms with Gasteiger partial charge in [-0.25, -0.2) is 15.0 Å². The van der Waals surface area contributed by atoms with Crippen molar-refractivity contribution < 1.29 is 0 Å². The molecular weight excluding hydrogens is 869 g/mol. The van der Waals surface area contributed by atoms with Crippen LogP contribution in [-0.2, 0) is 0 Å². The van der Waals surface area contributed by atoms with Crippen molar-refractivity contribution in [3.05, 3.63) is 243 Å². The van der Waals surface area contributed by atoms with Gasteiger partial charge in [0.25, 0.3) is 0 Å². The second kappa shape index (κ2) is 16.3. The highest BCUT2D eigenvalue weighted by Gasteiger charge is 2.21. The van der Waals surface area contributed by atoms with Crippen LogP contribution in [0.4, 0.5) is 0 Å². The van der Waals surface area contributed by atoms with Gasteiger partial charge in [0.15, 0.2) is 17.5 Å². The van der Waals surface area contributed by atoms with E-state index >= 15 is 0 Å². The molecule has 0 aliphatic carbocycles. The zero-order valence-electron chi connectivity index (χ0n) is 37.8. The van der Waals surface area contributed by atoms with Gasteiger partial charge < -0.3 is 4.57 Å². The van der Waals surface area contributed by atoms with E-state index in [1.807, 2.05) is 23.5 Å². The van der Waals surface area contributed by atoms with Gasteiger partial charge in [0.2, 0.25) is 0 Å². The van der Waals surface area contributed by atoms with Gasteiger partial charge in [0.05, 0.1) is 16.7 Å². The summed E-state index contributed by atoms with van der Waals surface area (Å²) in [6, 6.07) is 87.2. The van der Waals surface area contributed by atoms with Crippen molar-refractivity contribution >= 4 is 74.9 Å². The van der Waals surface area contributed by atoms with Crippen LogP contribution in [0.1, 0.15) is 0 Å². The van der Waals surface area contributed by atoms with Gasteiger partial charge >= 0.3 is 0 Å². The Bertz CT molecular complexity index is 4220. The van der Waals surface area contributed by atoms with Gasteiger partial charge in [-0.05, 0) is 104 Å². The number of nitrogens with zero attached hydrogens (tertiary/aromatic N) is 4. The lowest BCUT2D eigenvalue weighted by molar-refractivity contribution is 1.07. The Morgan fingerprint density at radius 3 is 1.46 bits per heavy atom. The van der Waals surface area contributed by atoms with Crippen LogP contribution in [0.2, 0.25) is 0 Å². The normalized spacial score (nSPS) is 11.7. The minimum absolute atomic E-state index is 0.605. The van der Waals surface area contributed by atoms with E-state index in [0.717, 1.165) is 66.8 Å². The third-order valence-corrected chi connectivity index (χ3v) is 15.0. The molecule has 0 bridgehead atoms.